The predicted octanol–water partition coefficient (Wildman–Crippen LogP) is 7.07. The summed E-state index contributed by atoms with van der Waals surface area (Å²) in [6, 6.07) is 15.3. The second-order valence-electron chi connectivity index (χ2n) is 7.27. The lowest BCUT2D eigenvalue weighted by Crippen LogP contribution is -2.07. The number of anilines is 1. The van der Waals surface area contributed by atoms with Gasteiger partial charge < -0.3 is 5.32 Å². The maximum absolute atomic E-state index is 13.4. The van der Waals surface area contributed by atoms with Crippen molar-refractivity contribution in [1.82, 2.24) is 9.97 Å². The third-order valence-corrected chi connectivity index (χ3v) is 6.25. The van der Waals surface area contributed by atoms with Crippen molar-refractivity contribution in [2.45, 2.75) is 33.1 Å². The number of benzene rings is 2. The normalized spacial score (nSPS) is 11.2. The van der Waals surface area contributed by atoms with Gasteiger partial charge in [-0.3, -0.25) is 0 Å². The zero-order valence-corrected chi connectivity index (χ0v) is 18.6. The molecule has 2 aromatic heterocycles. The Kier molecular flexibility index (Phi) is 6.30. The highest BCUT2D eigenvalue weighted by atomic mass is 35.5. The molecule has 0 aliphatic rings. The van der Waals surface area contributed by atoms with Gasteiger partial charge in [0.15, 0.2) is 0 Å². The summed E-state index contributed by atoms with van der Waals surface area (Å²) in [6.45, 7) is 5.03. The maximum atomic E-state index is 13.4. The predicted molar refractivity (Wildman–Crippen MR) is 125 cm³/mol. The Morgan fingerprint density at radius 3 is 2.53 bits per heavy atom. The van der Waals surface area contributed by atoms with Gasteiger partial charge in [-0.1, -0.05) is 48.9 Å². The highest BCUT2D eigenvalue weighted by molar-refractivity contribution is 7.18. The molecule has 4 rings (SSSR count). The first-order valence-corrected chi connectivity index (χ1v) is 11.3. The largest absolute Gasteiger partial charge is 0.369 e. The molecule has 3 nitrogen and oxygen atoms in total. The summed E-state index contributed by atoms with van der Waals surface area (Å²) in [6.07, 6.45) is 2.79. The van der Waals surface area contributed by atoms with Crippen molar-refractivity contribution in [2.24, 2.45) is 0 Å². The monoisotopic (exact) mass is 439 g/mol. The lowest BCUT2D eigenvalue weighted by Gasteiger charge is -2.09. The van der Waals surface area contributed by atoms with Gasteiger partial charge in [0.1, 0.15) is 22.3 Å². The molecule has 0 amide bonds. The van der Waals surface area contributed by atoms with Crippen molar-refractivity contribution < 1.29 is 4.39 Å². The first kappa shape index (κ1) is 20.8. The van der Waals surface area contributed by atoms with Crippen LogP contribution in [0, 0.1) is 12.7 Å². The van der Waals surface area contributed by atoms with Gasteiger partial charge in [-0.2, -0.15) is 0 Å². The minimum Gasteiger partial charge on any atom is -0.369 e. The molecule has 0 fully saturated rings. The summed E-state index contributed by atoms with van der Waals surface area (Å²) in [7, 11) is 0. The lowest BCUT2D eigenvalue weighted by atomic mass is 10.0. The fourth-order valence-corrected chi connectivity index (χ4v) is 4.50. The number of hydrogen-bond acceptors (Lipinski definition) is 4. The van der Waals surface area contributed by atoms with Gasteiger partial charge in [0.25, 0.3) is 0 Å². The molecule has 0 radical (unpaired) electrons. The van der Waals surface area contributed by atoms with E-state index in [1.165, 1.54) is 16.5 Å². The highest BCUT2D eigenvalue weighted by Gasteiger charge is 2.09. The molecule has 0 aliphatic heterocycles. The van der Waals surface area contributed by atoms with Crippen molar-refractivity contribution in [3.8, 4) is 11.1 Å². The van der Waals surface area contributed by atoms with Crippen LogP contribution < -0.4 is 5.32 Å². The van der Waals surface area contributed by atoms with Gasteiger partial charge in [-0.15, -0.1) is 11.3 Å². The van der Waals surface area contributed by atoms with Crippen LogP contribution in [-0.4, -0.2) is 16.5 Å². The Morgan fingerprint density at radius 2 is 1.80 bits per heavy atom. The van der Waals surface area contributed by atoms with E-state index in [1.54, 1.807) is 23.5 Å². The first-order chi connectivity index (χ1) is 14.5. The molecule has 0 saturated heterocycles. The number of aryl methyl sites for hydroxylation is 3. The first-order valence-electron chi connectivity index (χ1n) is 10.1. The van der Waals surface area contributed by atoms with Gasteiger partial charge in [-0.25, -0.2) is 14.4 Å². The minimum atomic E-state index is -0.394. The third-order valence-electron chi connectivity index (χ3n) is 5.02. The van der Waals surface area contributed by atoms with Gasteiger partial charge in [-0.05, 0) is 54.7 Å². The molecule has 0 bridgehead atoms. The number of aromatic nitrogens is 2. The number of rotatable bonds is 7. The van der Waals surface area contributed by atoms with Crippen LogP contribution in [0.2, 0.25) is 5.02 Å². The van der Waals surface area contributed by atoms with Crippen molar-refractivity contribution >= 4 is 39.0 Å². The van der Waals surface area contributed by atoms with Crippen molar-refractivity contribution in [1.29, 1.82) is 0 Å². The molecule has 4 aromatic rings. The molecule has 30 heavy (non-hydrogen) atoms. The molecule has 0 aliphatic carbocycles. The molecule has 0 spiro atoms. The third kappa shape index (κ3) is 4.63. The molecular weight excluding hydrogens is 417 g/mol. The Morgan fingerprint density at radius 1 is 1.03 bits per heavy atom. The van der Waals surface area contributed by atoms with Crippen LogP contribution in [0.1, 0.15) is 29.6 Å². The number of hydrogen-bond donors (Lipinski definition) is 1. The fourth-order valence-electron chi connectivity index (χ4n) is 3.42. The highest BCUT2D eigenvalue weighted by Crippen LogP contribution is 2.29. The second kappa shape index (κ2) is 9.11. The Bertz CT molecular complexity index is 1170. The van der Waals surface area contributed by atoms with Crippen LogP contribution in [0.25, 0.3) is 21.3 Å². The van der Waals surface area contributed by atoms with E-state index in [2.05, 4.69) is 59.5 Å². The molecule has 2 aromatic carbocycles. The molecule has 154 valence electrons. The SMILES string of the molecule is CCc1nc(NCCCc2ccc(-c3ccc(F)c(Cl)c3)cc2)c2cc(C)sc2n1. The van der Waals surface area contributed by atoms with E-state index in [1.807, 2.05) is 0 Å². The molecule has 1 N–H and O–H groups in total. The number of nitrogens with one attached hydrogen (secondary N) is 1. The Balaban J connectivity index is 1.37. The van der Waals surface area contributed by atoms with Crippen LogP contribution in [0.3, 0.4) is 0 Å². The van der Waals surface area contributed by atoms with E-state index in [0.29, 0.717) is 0 Å². The lowest BCUT2D eigenvalue weighted by molar-refractivity contribution is 0.628. The van der Waals surface area contributed by atoms with E-state index >= 15 is 0 Å². The Hall–Kier alpha value is -2.50. The zero-order valence-electron chi connectivity index (χ0n) is 17.0. The van der Waals surface area contributed by atoms with Crippen molar-refractivity contribution in [3.63, 3.8) is 0 Å². The average Bonchev–Trinajstić information content (AvgIpc) is 3.13. The number of nitrogens with zero attached hydrogens (tertiary/aromatic N) is 2. The average molecular weight is 440 g/mol. The van der Waals surface area contributed by atoms with Crippen molar-refractivity contribution in [3.05, 3.63) is 75.6 Å². The second-order valence-corrected chi connectivity index (χ2v) is 8.92. The maximum Gasteiger partial charge on any atom is 0.141 e. The van der Waals surface area contributed by atoms with Gasteiger partial charge in [0.2, 0.25) is 0 Å². The smallest absolute Gasteiger partial charge is 0.141 e. The van der Waals surface area contributed by atoms with E-state index < -0.39 is 5.82 Å². The summed E-state index contributed by atoms with van der Waals surface area (Å²) in [5, 5.41) is 4.76. The van der Waals surface area contributed by atoms with E-state index in [-0.39, 0.29) is 5.02 Å². The summed E-state index contributed by atoms with van der Waals surface area (Å²) in [5.74, 6) is 1.42. The van der Waals surface area contributed by atoms with E-state index in [0.717, 1.165) is 58.8 Å². The van der Waals surface area contributed by atoms with Crippen molar-refractivity contribution in [2.75, 3.05) is 11.9 Å². The van der Waals surface area contributed by atoms with Gasteiger partial charge >= 0.3 is 0 Å². The summed E-state index contributed by atoms with van der Waals surface area (Å²) < 4.78 is 13.4. The molecular formula is C24H23ClFN3S. The summed E-state index contributed by atoms with van der Waals surface area (Å²) >= 11 is 7.61. The van der Waals surface area contributed by atoms with Crippen LogP contribution in [0.4, 0.5) is 10.2 Å². The number of halogens is 2. The number of thiophene rings is 1. The summed E-state index contributed by atoms with van der Waals surface area (Å²) in [5.41, 5.74) is 3.21. The topological polar surface area (TPSA) is 37.8 Å². The zero-order chi connectivity index (χ0) is 21.1. The quantitative estimate of drug-likeness (QED) is 0.313. The van der Waals surface area contributed by atoms with Crippen LogP contribution in [-0.2, 0) is 12.8 Å². The fraction of sp³-hybridized carbons (Fsp3) is 0.250. The molecule has 6 heteroatoms. The molecule has 0 unspecified atom stereocenters. The van der Waals surface area contributed by atoms with E-state index in [9.17, 15) is 4.39 Å². The van der Waals surface area contributed by atoms with E-state index in [4.69, 9.17) is 11.6 Å². The van der Waals surface area contributed by atoms with Crippen LogP contribution in [0.15, 0.2) is 48.5 Å². The number of fused-ring (bicyclic) bond motifs is 1. The molecule has 0 saturated carbocycles. The minimum absolute atomic E-state index is 0.147. The van der Waals surface area contributed by atoms with Crippen LogP contribution >= 0.6 is 22.9 Å². The van der Waals surface area contributed by atoms with Gasteiger partial charge in [0, 0.05) is 17.8 Å². The molecule has 0 atom stereocenters. The Labute approximate surface area is 185 Å². The molecule has 2 heterocycles. The standard InChI is InChI=1S/C24H23ClFN3S/c1-3-22-28-23(19-13-15(2)30-24(19)29-22)27-12-4-5-16-6-8-17(9-7-16)18-10-11-21(26)20(25)14-18/h6-11,13-14H,3-5,12H2,1-2H3,(H,27,28,29). The summed E-state index contributed by atoms with van der Waals surface area (Å²) in [4.78, 5) is 11.6. The van der Waals surface area contributed by atoms with Gasteiger partial charge in [0.05, 0.1) is 10.4 Å². The van der Waals surface area contributed by atoms with Crippen LogP contribution in [0.5, 0.6) is 0 Å².